The second-order valence-corrected chi connectivity index (χ2v) is 6.27. The highest BCUT2D eigenvalue weighted by molar-refractivity contribution is 5.65. The Morgan fingerprint density at radius 2 is 2.22 bits per heavy atom. The van der Waals surface area contributed by atoms with Crippen LogP contribution < -0.4 is 5.56 Å². The average Bonchev–Trinajstić information content (AvgIpc) is 3.11. The normalized spacial score (nSPS) is 14.5. The van der Waals surface area contributed by atoms with E-state index in [-0.39, 0.29) is 11.5 Å². The topological polar surface area (TPSA) is 103 Å². The molecule has 0 spiro atoms. The van der Waals surface area contributed by atoms with E-state index in [1.165, 1.54) is 23.6 Å². The molecule has 0 aromatic carbocycles. The van der Waals surface area contributed by atoms with Gasteiger partial charge in [-0.2, -0.15) is 10.4 Å². The fourth-order valence-corrected chi connectivity index (χ4v) is 2.89. The number of nitriles is 1. The van der Waals surface area contributed by atoms with Crippen molar-refractivity contribution in [3.63, 3.8) is 0 Å². The summed E-state index contributed by atoms with van der Waals surface area (Å²) in [4.78, 5) is 17.4. The number of hydrogen-bond acceptors (Lipinski definition) is 4. The van der Waals surface area contributed by atoms with Crippen molar-refractivity contribution < 1.29 is 0 Å². The van der Waals surface area contributed by atoms with Crippen LogP contribution in [0.5, 0.6) is 0 Å². The maximum absolute atomic E-state index is 12.8. The molecule has 7 heteroatoms. The molecular weight excluding hydrogens is 292 g/mol. The first-order valence-corrected chi connectivity index (χ1v) is 7.70. The molecule has 0 unspecified atom stereocenters. The fraction of sp³-hybridized carbons (Fsp3) is 0.375. The van der Waals surface area contributed by atoms with Gasteiger partial charge in [-0.3, -0.25) is 15.0 Å². The highest BCUT2D eigenvalue weighted by Gasteiger charge is 2.27. The lowest BCUT2D eigenvalue weighted by molar-refractivity contribution is 0.796. The molecule has 0 amide bonds. The number of aromatic amines is 2. The molecule has 3 aromatic heterocycles. The van der Waals surface area contributed by atoms with Gasteiger partial charge in [0.2, 0.25) is 0 Å². The number of fused-ring (bicyclic) bond motifs is 1. The first-order chi connectivity index (χ1) is 11.1. The van der Waals surface area contributed by atoms with Crippen LogP contribution in [-0.4, -0.2) is 24.8 Å². The van der Waals surface area contributed by atoms with Crippen molar-refractivity contribution >= 4 is 5.65 Å². The van der Waals surface area contributed by atoms with Gasteiger partial charge in [0.1, 0.15) is 23.0 Å². The monoisotopic (exact) mass is 308 g/mol. The summed E-state index contributed by atoms with van der Waals surface area (Å²) in [5, 5.41) is 19.4. The van der Waals surface area contributed by atoms with Crippen LogP contribution in [0.3, 0.4) is 0 Å². The molecule has 2 N–H and O–H groups in total. The van der Waals surface area contributed by atoms with Gasteiger partial charge in [0, 0.05) is 23.4 Å². The summed E-state index contributed by atoms with van der Waals surface area (Å²) in [6.45, 7) is 3.91. The van der Waals surface area contributed by atoms with E-state index in [4.69, 9.17) is 0 Å². The van der Waals surface area contributed by atoms with Gasteiger partial charge in [-0.25, -0.2) is 9.50 Å². The molecule has 0 radical (unpaired) electrons. The molecular formula is C16H16N6O. The Hall–Kier alpha value is -2.88. The summed E-state index contributed by atoms with van der Waals surface area (Å²) in [6, 6.07) is 4.03. The highest BCUT2D eigenvalue weighted by Crippen LogP contribution is 2.40. The Morgan fingerprint density at radius 1 is 1.43 bits per heavy atom. The van der Waals surface area contributed by atoms with Gasteiger partial charge in [0.05, 0.1) is 0 Å². The predicted molar refractivity (Wildman–Crippen MR) is 84.2 cm³/mol. The second-order valence-electron chi connectivity index (χ2n) is 6.27. The summed E-state index contributed by atoms with van der Waals surface area (Å²) >= 11 is 0. The van der Waals surface area contributed by atoms with Gasteiger partial charge in [-0.1, -0.05) is 13.8 Å². The lowest BCUT2D eigenvalue weighted by atomic mass is 10.0. The van der Waals surface area contributed by atoms with Gasteiger partial charge in [0.25, 0.3) is 5.56 Å². The number of H-pyrrole nitrogens is 2. The molecule has 1 aliphatic carbocycles. The van der Waals surface area contributed by atoms with Crippen LogP contribution in [0, 0.1) is 11.3 Å². The molecule has 7 nitrogen and oxygen atoms in total. The summed E-state index contributed by atoms with van der Waals surface area (Å²) < 4.78 is 1.33. The van der Waals surface area contributed by atoms with Gasteiger partial charge in [-0.15, -0.1) is 0 Å². The Balaban J connectivity index is 2.00. The van der Waals surface area contributed by atoms with Crippen LogP contribution >= 0.6 is 0 Å². The number of aromatic nitrogens is 5. The molecule has 3 heterocycles. The zero-order valence-corrected chi connectivity index (χ0v) is 12.9. The van der Waals surface area contributed by atoms with Crippen molar-refractivity contribution in [1.29, 1.82) is 5.26 Å². The van der Waals surface area contributed by atoms with Crippen LogP contribution in [-0.2, 0) is 0 Å². The van der Waals surface area contributed by atoms with Crippen molar-refractivity contribution in [1.82, 2.24) is 24.8 Å². The third-order valence-electron chi connectivity index (χ3n) is 4.25. The Morgan fingerprint density at radius 3 is 2.87 bits per heavy atom. The Kier molecular flexibility index (Phi) is 2.88. The van der Waals surface area contributed by atoms with E-state index >= 15 is 0 Å². The summed E-state index contributed by atoms with van der Waals surface area (Å²) in [7, 11) is 0. The van der Waals surface area contributed by atoms with E-state index < -0.39 is 0 Å². The zero-order chi connectivity index (χ0) is 16.1. The maximum Gasteiger partial charge on any atom is 0.276 e. The summed E-state index contributed by atoms with van der Waals surface area (Å²) in [6.07, 6.45) is 3.84. The number of rotatable bonds is 3. The molecule has 1 fully saturated rings. The molecule has 1 aliphatic rings. The zero-order valence-electron chi connectivity index (χ0n) is 12.9. The largest absolute Gasteiger partial charge is 0.295 e. The van der Waals surface area contributed by atoms with Crippen LogP contribution in [0.2, 0.25) is 0 Å². The van der Waals surface area contributed by atoms with Crippen molar-refractivity contribution in [2.75, 3.05) is 0 Å². The summed E-state index contributed by atoms with van der Waals surface area (Å²) in [5.74, 6) is 0.544. The quantitative estimate of drug-likeness (QED) is 0.774. The molecule has 0 atom stereocenters. The lowest BCUT2D eigenvalue weighted by Crippen LogP contribution is -2.22. The smallest absolute Gasteiger partial charge is 0.276 e. The Labute approximate surface area is 132 Å². The van der Waals surface area contributed by atoms with Crippen LogP contribution in [0.1, 0.15) is 55.3 Å². The van der Waals surface area contributed by atoms with Gasteiger partial charge >= 0.3 is 0 Å². The second kappa shape index (κ2) is 4.81. The van der Waals surface area contributed by atoms with Gasteiger partial charge < -0.3 is 0 Å². The lowest BCUT2D eigenvalue weighted by Gasteiger charge is -2.09. The highest BCUT2D eigenvalue weighted by atomic mass is 16.1. The molecule has 116 valence electrons. The number of hydrogen-bond donors (Lipinski definition) is 2. The minimum absolute atomic E-state index is 0.00295. The SMILES string of the molecule is CC(C)c1c(-c2cc(C3CC3)[nH]n2)nc2c(C#N)c[nH]n2c1=O. The molecule has 23 heavy (non-hydrogen) atoms. The third kappa shape index (κ3) is 2.06. The first-order valence-electron chi connectivity index (χ1n) is 7.70. The number of nitrogens with zero attached hydrogens (tertiary/aromatic N) is 4. The van der Waals surface area contributed by atoms with Crippen LogP contribution in [0.25, 0.3) is 17.0 Å². The molecule has 0 bridgehead atoms. The van der Waals surface area contributed by atoms with Crippen LogP contribution in [0.4, 0.5) is 0 Å². The third-order valence-corrected chi connectivity index (χ3v) is 4.25. The molecule has 1 saturated carbocycles. The van der Waals surface area contributed by atoms with Crippen molar-refractivity contribution in [3.05, 3.63) is 39.4 Å². The minimum atomic E-state index is -0.183. The summed E-state index contributed by atoms with van der Waals surface area (Å²) in [5.41, 5.74) is 3.42. The fourth-order valence-electron chi connectivity index (χ4n) is 2.89. The Bertz CT molecular complexity index is 996. The maximum atomic E-state index is 12.8. The van der Waals surface area contributed by atoms with Gasteiger partial charge in [-0.05, 0) is 24.8 Å². The first kappa shape index (κ1) is 13.8. The molecule has 0 aliphatic heterocycles. The van der Waals surface area contributed by atoms with E-state index in [1.54, 1.807) is 0 Å². The van der Waals surface area contributed by atoms with E-state index in [0.29, 0.717) is 34.1 Å². The van der Waals surface area contributed by atoms with Crippen LogP contribution in [0.15, 0.2) is 17.1 Å². The molecule has 0 saturated heterocycles. The van der Waals surface area contributed by atoms with Crippen molar-refractivity contribution in [2.24, 2.45) is 0 Å². The number of nitrogens with one attached hydrogen (secondary N) is 2. The molecule has 4 rings (SSSR count). The standard InChI is InChI=1S/C16H16N6O/c1-8(2)13-14(12-5-11(20-21-12)9-3-4-9)19-15-10(6-17)7-18-22(15)16(13)23/h5,7-9,18H,3-4H2,1-2H3,(H,20,21). The average molecular weight is 308 g/mol. The minimum Gasteiger partial charge on any atom is -0.295 e. The predicted octanol–water partition coefficient (Wildman–Crippen LogP) is 2.29. The van der Waals surface area contributed by atoms with Crippen molar-refractivity contribution in [2.45, 2.75) is 38.5 Å². The van der Waals surface area contributed by atoms with E-state index in [2.05, 4.69) is 26.3 Å². The van der Waals surface area contributed by atoms with E-state index in [0.717, 1.165) is 5.69 Å². The van der Waals surface area contributed by atoms with E-state index in [9.17, 15) is 10.1 Å². The van der Waals surface area contributed by atoms with Gasteiger partial charge in [0.15, 0.2) is 5.65 Å². The van der Waals surface area contributed by atoms with E-state index in [1.807, 2.05) is 19.9 Å². The van der Waals surface area contributed by atoms with Crippen molar-refractivity contribution in [3.8, 4) is 17.5 Å². The molecule has 3 aromatic rings.